The molecule has 1 saturated carbocycles. The molecule has 3 N–H and O–H groups in total. The van der Waals surface area contributed by atoms with E-state index in [1.54, 1.807) is 6.92 Å². The molecule has 1 unspecified atom stereocenters. The first-order chi connectivity index (χ1) is 9.45. The third kappa shape index (κ3) is 4.23. The van der Waals surface area contributed by atoms with Crippen LogP contribution in [0.4, 0.5) is 10.5 Å². The summed E-state index contributed by atoms with van der Waals surface area (Å²) in [5.74, 6) is -0.344. The fourth-order valence-corrected chi connectivity index (χ4v) is 1.97. The molecule has 0 aromatic heterocycles. The van der Waals surface area contributed by atoms with Crippen LogP contribution in [0.5, 0.6) is 0 Å². The van der Waals surface area contributed by atoms with E-state index in [-0.39, 0.29) is 11.9 Å². The number of anilines is 1. The van der Waals surface area contributed by atoms with Crippen molar-refractivity contribution in [3.63, 3.8) is 0 Å². The van der Waals surface area contributed by atoms with E-state index in [2.05, 4.69) is 31.9 Å². The summed E-state index contributed by atoms with van der Waals surface area (Å²) in [6.45, 7) is 3.69. The van der Waals surface area contributed by atoms with Gasteiger partial charge in [0.1, 0.15) is 6.04 Å². The van der Waals surface area contributed by atoms with E-state index in [9.17, 15) is 9.59 Å². The molecule has 1 aromatic carbocycles. The Bertz CT molecular complexity index is 529. The van der Waals surface area contributed by atoms with Crippen LogP contribution in [-0.2, 0) is 4.79 Å². The minimum Gasteiger partial charge on any atom is -0.374 e. The van der Waals surface area contributed by atoms with Gasteiger partial charge in [0.25, 0.3) is 0 Å². The lowest BCUT2D eigenvalue weighted by Crippen LogP contribution is -2.46. The first kappa shape index (κ1) is 14.8. The molecule has 1 aliphatic carbocycles. The van der Waals surface area contributed by atoms with Gasteiger partial charge in [-0.05, 0) is 50.5 Å². The van der Waals surface area contributed by atoms with Gasteiger partial charge in [-0.15, -0.1) is 0 Å². The molecule has 1 atom stereocenters. The summed E-state index contributed by atoms with van der Waals surface area (Å²) < 4.78 is 1.02. The fraction of sp³-hybridized carbons (Fsp3) is 0.429. The van der Waals surface area contributed by atoms with Gasteiger partial charge in [0, 0.05) is 16.2 Å². The van der Waals surface area contributed by atoms with Crippen molar-refractivity contribution in [1.82, 2.24) is 10.6 Å². The highest BCUT2D eigenvalue weighted by atomic mass is 79.9. The van der Waals surface area contributed by atoms with Crippen molar-refractivity contribution in [3.05, 3.63) is 28.2 Å². The van der Waals surface area contributed by atoms with Crippen molar-refractivity contribution >= 4 is 33.6 Å². The van der Waals surface area contributed by atoms with Crippen molar-refractivity contribution in [1.29, 1.82) is 0 Å². The lowest BCUT2D eigenvalue weighted by atomic mass is 10.2. The van der Waals surface area contributed by atoms with E-state index >= 15 is 0 Å². The second-order valence-electron chi connectivity index (χ2n) is 5.07. The predicted octanol–water partition coefficient (Wildman–Crippen LogP) is 2.55. The van der Waals surface area contributed by atoms with Crippen molar-refractivity contribution < 1.29 is 9.59 Å². The van der Waals surface area contributed by atoms with Crippen LogP contribution in [0.1, 0.15) is 25.3 Å². The van der Waals surface area contributed by atoms with Crippen LogP contribution >= 0.6 is 15.9 Å². The average Bonchev–Trinajstić information content (AvgIpc) is 3.17. The Kier molecular flexibility index (Phi) is 4.65. The highest BCUT2D eigenvalue weighted by Crippen LogP contribution is 2.20. The molecule has 0 heterocycles. The van der Waals surface area contributed by atoms with E-state index in [1.165, 1.54) is 0 Å². The SMILES string of the molecule is Cc1cc(NC(C)C(=O)NC(=O)NC2CC2)ccc1Br. The minimum absolute atomic E-state index is 0.236. The smallest absolute Gasteiger partial charge is 0.321 e. The van der Waals surface area contributed by atoms with Crippen LogP contribution < -0.4 is 16.0 Å². The van der Waals surface area contributed by atoms with Crippen LogP contribution in [0.25, 0.3) is 0 Å². The Morgan fingerprint density at radius 3 is 2.65 bits per heavy atom. The quantitative estimate of drug-likeness (QED) is 0.789. The Morgan fingerprint density at radius 1 is 1.35 bits per heavy atom. The van der Waals surface area contributed by atoms with Crippen LogP contribution in [0.15, 0.2) is 22.7 Å². The standard InChI is InChI=1S/C14H18BrN3O2/c1-8-7-11(5-6-12(8)15)16-9(2)13(19)18-14(20)17-10-3-4-10/h5-7,9-10,16H,3-4H2,1-2H3,(H2,17,18,19,20). The normalized spacial score (nSPS) is 15.3. The molecule has 0 radical (unpaired) electrons. The number of imide groups is 1. The average molecular weight is 340 g/mol. The van der Waals surface area contributed by atoms with Crippen molar-refractivity contribution in [2.45, 2.75) is 38.8 Å². The topological polar surface area (TPSA) is 70.2 Å². The van der Waals surface area contributed by atoms with E-state index in [0.29, 0.717) is 0 Å². The number of nitrogens with one attached hydrogen (secondary N) is 3. The van der Waals surface area contributed by atoms with Gasteiger partial charge in [0.15, 0.2) is 0 Å². The van der Waals surface area contributed by atoms with Crippen LogP contribution in [-0.4, -0.2) is 24.0 Å². The van der Waals surface area contributed by atoms with Gasteiger partial charge in [-0.2, -0.15) is 0 Å². The van der Waals surface area contributed by atoms with Gasteiger partial charge in [-0.25, -0.2) is 4.79 Å². The van der Waals surface area contributed by atoms with E-state index in [0.717, 1.165) is 28.6 Å². The lowest BCUT2D eigenvalue weighted by Gasteiger charge is -2.15. The number of hydrogen-bond donors (Lipinski definition) is 3. The molecule has 0 bridgehead atoms. The zero-order chi connectivity index (χ0) is 14.7. The Hall–Kier alpha value is -1.56. The number of aryl methyl sites for hydroxylation is 1. The Morgan fingerprint density at radius 2 is 2.05 bits per heavy atom. The van der Waals surface area contributed by atoms with Gasteiger partial charge in [-0.3, -0.25) is 10.1 Å². The largest absolute Gasteiger partial charge is 0.374 e. The Balaban J connectivity index is 1.86. The highest BCUT2D eigenvalue weighted by Gasteiger charge is 2.24. The predicted molar refractivity (Wildman–Crippen MR) is 81.7 cm³/mol. The molecule has 6 heteroatoms. The molecule has 0 spiro atoms. The zero-order valence-electron chi connectivity index (χ0n) is 11.5. The van der Waals surface area contributed by atoms with Gasteiger partial charge in [0.05, 0.1) is 0 Å². The number of amides is 3. The van der Waals surface area contributed by atoms with Crippen LogP contribution in [0, 0.1) is 6.92 Å². The first-order valence-electron chi connectivity index (χ1n) is 6.60. The third-order valence-corrected chi connectivity index (χ3v) is 3.97. The van der Waals surface area contributed by atoms with E-state index < -0.39 is 12.1 Å². The van der Waals surface area contributed by atoms with E-state index in [4.69, 9.17) is 0 Å². The number of carbonyl (C=O) groups excluding carboxylic acids is 2. The number of benzene rings is 1. The molecule has 0 saturated heterocycles. The van der Waals surface area contributed by atoms with Gasteiger partial charge >= 0.3 is 6.03 Å². The molecule has 2 rings (SSSR count). The molecule has 20 heavy (non-hydrogen) atoms. The van der Waals surface area contributed by atoms with Crippen molar-refractivity contribution in [3.8, 4) is 0 Å². The van der Waals surface area contributed by atoms with E-state index in [1.807, 2.05) is 25.1 Å². The Labute approximate surface area is 126 Å². The summed E-state index contributed by atoms with van der Waals surface area (Å²) in [5, 5.41) is 8.12. The van der Waals surface area contributed by atoms with Crippen LogP contribution in [0.2, 0.25) is 0 Å². The second-order valence-corrected chi connectivity index (χ2v) is 5.92. The number of rotatable bonds is 4. The molecule has 108 valence electrons. The van der Waals surface area contributed by atoms with Gasteiger partial charge < -0.3 is 10.6 Å². The monoisotopic (exact) mass is 339 g/mol. The second kappa shape index (κ2) is 6.26. The maximum atomic E-state index is 11.9. The fourth-order valence-electron chi connectivity index (χ4n) is 1.72. The summed E-state index contributed by atoms with van der Waals surface area (Å²) in [4.78, 5) is 23.4. The van der Waals surface area contributed by atoms with Gasteiger partial charge in [0.2, 0.25) is 5.91 Å². The van der Waals surface area contributed by atoms with Gasteiger partial charge in [-0.1, -0.05) is 15.9 Å². The van der Waals surface area contributed by atoms with Crippen LogP contribution in [0.3, 0.4) is 0 Å². The summed E-state index contributed by atoms with van der Waals surface area (Å²) in [6, 6.07) is 5.07. The van der Waals surface area contributed by atoms with Crippen molar-refractivity contribution in [2.75, 3.05) is 5.32 Å². The molecule has 1 fully saturated rings. The molecular weight excluding hydrogens is 322 g/mol. The third-order valence-electron chi connectivity index (χ3n) is 3.08. The zero-order valence-corrected chi connectivity index (χ0v) is 13.1. The summed E-state index contributed by atoms with van der Waals surface area (Å²) in [7, 11) is 0. The molecular formula is C14H18BrN3O2. The number of halogens is 1. The molecule has 3 amide bonds. The maximum Gasteiger partial charge on any atom is 0.321 e. The summed E-state index contributed by atoms with van der Waals surface area (Å²) in [6.07, 6.45) is 1.99. The molecule has 1 aliphatic rings. The first-order valence-corrected chi connectivity index (χ1v) is 7.39. The highest BCUT2D eigenvalue weighted by molar-refractivity contribution is 9.10. The summed E-state index contributed by atoms with van der Waals surface area (Å²) >= 11 is 3.43. The minimum atomic E-state index is -0.486. The lowest BCUT2D eigenvalue weighted by molar-refractivity contribution is -0.120. The number of carbonyl (C=O) groups is 2. The molecule has 1 aromatic rings. The molecule has 0 aliphatic heterocycles. The molecule has 5 nitrogen and oxygen atoms in total. The summed E-state index contributed by atoms with van der Waals surface area (Å²) in [5.41, 5.74) is 1.92. The number of urea groups is 1. The number of hydrogen-bond acceptors (Lipinski definition) is 3. The maximum absolute atomic E-state index is 11.9. The van der Waals surface area contributed by atoms with Crippen molar-refractivity contribution in [2.24, 2.45) is 0 Å².